The van der Waals surface area contributed by atoms with Crippen LogP contribution in [0.15, 0.2) is 0 Å². The number of rotatable bonds is 6. The molecule has 1 amide bonds. The van der Waals surface area contributed by atoms with Gasteiger partial charge in [0.05, 0.1) is 20.3 Å². The van der Waals surface area contributed by atoms with E-state index < -0.39 is 12.1 Å². The number of piperidine rings is 1. The van der Waals surface area contributed by atoms with Gasteiger partial charge in [0.15, 0.2) is 0 Å². The van der Waals surface area contributed by atoms with E-state index in [0.29, 0.717) is 47.9 Å². The monoisotopic (exact) mass is 550 g/mol. The molecule has 2 saturated heterocycles. The molecule has 3 fully saturated rings. The lowest BCUT2D eigenvalue weighted by atomic mass is 9.69. The van der Waals surface area contributed by atoms with E-state index in [9.17, 15) is 14.4 Å². The number of alkyl halides is 1. The summed E-state index contributed by atoms with van der Waals surface area (Å²) in [4.78, 5) is 41.1. The summed E-state index contributed by atoms with van der Waals surface area (Å²) in [6.45, 7) is 6.67. The summed E-state index contributed by atoms with van der Waals surface area (Å²) in [7, 11) is 1.35. The zero-order chi connectivity index (χ0) is 22.5. The first-order valence-corrected chi connectivity index (χ1v) is 12.7. The highest BCUT2D eigenvalue weighted by Gasteiger charge is 2.46. The zero-order valence-electron chi connectivity index (χ0n) is 18.8. The highest BCUT2D eigenvalue weighted by molar-refractivity contribution is 14.1. The molecule has 0 aromatic carbocycles. The van der Waals surface area contributed by atoms with Crippen LogP contribution in [0.25, 0.3) is 0 Å². The van der Waals surface area contributed by atoms with Gasteiger partial charge in [-0.25, -0.2) is 9.59 Å². The number of carbonyl (C=O) groups excluding carboxylic acids is 3. The molecule has 2 aliphatic heterocycles. The van der Waals surface area contributed by atoms with E-state index >= 15 is 0 Å². The summed E-state index contributed by atoms with van der Waals surface area (Å²) in [5.74, 6) is 0.769. The average molecular weight is 550 g/mol. The Morgan fingerprint density at radius 3 is 2.23 bits per heavy atom. The molecular formula is C22H35IN2O6. The number of halogens is 1. The summed E-state index contributed by atoms with van der Waals surface area (Å²) < 4.78 is 15.9. The standard InChI is InChI=1S/C22H35IN2O6/c1-4-30-20(26)18-10-17(23)13-24(18)11-14-6-7-15-12-25(22(28)29-3)19(9-16(15)8-14)21(27)31-5-2/h14-19H,4-13H2,1-3H3/t14-,15-,16?,17-,18-,19?/m0/s1. The first-order valence-electron chi connectivity index (χ1n) is 11.4. The Morgan fingerprint density at radius 2 is 1.58 bits per heavy atom. The Hall–Kier alpha value is -1.10. The predicted octanol–water partition coefficient (Wildman–Crippen LogP) is 2.86. The minimum absolute atomic E-state index is 0.107. The van der Waals surface area contributed by atoms with Crippen molar-refractivity contribution in [3.63, 3.8) is 0 Å². The molecule has 9 heteroatoms. The van der Waals surface area contributed by atoms with Crippen molar-refractivity contribution in [3.05, 3.63) is 0 Å². The smallest absolute Gasteiger partial charge is 0.410 e. The number of hydrogen-bond acceptors (Lipinski definition) is 7. The van der Waals surface area contributed by atoms with Crippen LogP contribution in [0, 0.1) is 17.8 Å². The van der Waals surface area contributed by atoms with Gasteiger partial charge in [0.1, 0.15) is 12.1 Å². The Bertz CT molecular complexity index is 662. The van der Waals surface area contributed by atoms with Gasteiger partial charge in [-0.3, -0.25) is 14.6 Å². The maximum Gasteiger partial charge on any atom is 0.410 e. The van der Waals surface area contributed by atoms with E-state index in [4.69, 9.17) is 14.2 Å². The molecular weight excluding hydrogens is 515 g/mol. The van der Waals surface area contributed by atoms with Crippen molar-refractivity contribution < 1.29 is 28.6 Å². The first-order chi connectivity index (χ1) is 14.9. The molecule has 0 aromatic rings. The van der Waals surface area contributed by atoms with Crippen LogP contribution in [0.4, 0.5) is 4.79 Å². The van der Waals surface area contributed by atoms with Crippen LogP contribution in [0.3, 0.4) is 0 Å². The highest BCUT2D eigenvalue weighted by Crippen LogP contribution is 2.42. The molecule has 1 saturated carbocycles. The summed E-state index contributed by atoms with van der Waals surface area (Å²) >= 11 is 2.43. The van der Waals surface area contributed by atoms with Gasteiger partial charge in [-0.15, -0.1) is 0 Å². The molecule has 3 rings (SSSR count). The summed E-state index contributed by atoms with van der Waals surface area (Å²) in [6.07, 6.45) is 4.10. The third kappa shape index (κ3) is 5.83. The fourth-order valence-corrected chi connectivity index (χ4v) is 6.55. The van der Waals surface area contributed by atoms with Crippen LogP contribution in [-0.4, -0.2) is 83.8 Å². The molecule has 1 aliphatic carbocycles. The van der Waals surface area contributed by atoms with Crippen molar-refractivity contribution in [1.82, 2.24) is 9.80 Å². The molecule has 8 nitrogen and oxygen atoms in total. The number of likely N-dealkylation sites (tertiary alicyclic amines) is 2. The maximum atomic E-state index is 12.5. The van der Waals surface area contributed by atoms with Gasteiger partial charge in [0.25, 0.3) is 0 Å². The molecule has 0 aromatic heterocycles. The molecule has 176 valence electrons. The van der Waals surface area contributed by atoms with Crippen LogP contribution in [0.1, 0.15) is 46.0 Å². The minimum Gasteiger partial charge on any atom is -0.465 e. The van der Waals surface area contributed by atoms with Crippen molar-refractivity contribution in [2.24, 2.45) is 17.8 Å². The van der Waals surface area contributed by atoms with Crippen LogP contribution in [-0.2, 0) is 23.8 Å². The number of esters is 2. The van der Waals surface area contributed by atoms with Crippen LogP contribution in [0.5, 0.6) is 0 Å². The van der Waals surface area contributed by atoms with E-state index in [1.165, 1.54) is 7.11 Å². The molecule has 0 radical (unpaired) electrons. The maximum absolute atomic E-state index is 12.5. The average Bonchev–Trinajstić information content (AvgIpc) is 3.12. The second-order valence-electron chi connectivity index (χ2n) is 8.88. The lowest BCUT2D eigenvalue weighted by Crippen LogP contribution is -2.55. The summed E-state index contributed by atoms with van der Waals surface area (Å²) in [5.41, 5.74) is 0. The number of methoxy groups -OCH3 is 1. The van der Waals surface area contributed by atoms with Crippen molar-refractivity contribution >= 4 is 40.6 Å². The number of fused-ring (bicyclic) bond motifs is 1. The zero-order valence-corrected chi connectivity index (χ0v) is 20.9. The molecule has 3 aliphatic rings. The summed E-state index contributed by atoms with van der Waals surface area (Å²) in [6, 6.07) is -0.724. The fourth-order valence-electron chi connectivity index (χ4n) is 5.56. The van der Waals surface area contributed by atoms with Gasteiger partial charge in [-0.1, -0.05) is 22.6 Å². The number of carbonyl (C=O) groups is 3. The fraction of sp³-hybridized carbons (Fsp3) is 0.864. The lowest BCUT2D eigenvalue weighted by Gasteiger charge is -2.46. The Labute approximate surface area is 198 Å². The van der Waals surface area contributed by atoms with E-state index in [2.05, 4.69) is 27.5 Å². The normalized spacial score (nSPS) is 33.5. The second-order valence-corrected chi connectivity index (χ2v) is 10.6. The van der Waals surface area contributed by atoms with Gasteiger partial charge in [0, 0.05) is 23.6 Å². The third-order valence-electron chi connectivity index (χ3n) is 6.95. The van der Waals surface area contributed by atoms with Gasteiger partial charge >= 0.3 is 18.0 Å². The Kier molecular flexibility index (Phi) is 8.83. The van der Waals surface area contributed by atoms with Gasteiger partial charge in [-0.2, -0.15) is 0 Å². The largest absolute Gasteiger partial charge is 0.465 e. The number of amides is 1. The van der Waals surface area contributed by atoms with E-state index in [1.807, 2.05) is 6.92 Å². The number of hydrogen-bond donors (Lipinski definition) is 0. The number of ether oxygens (including phenoxy) is 3. The topological polar surface area (TPSA) is 85.4 Å². The Balaban J connectivity index is 1.64. The van der Waals surface area contributed by atoms with Gasteiger partial charge in [-0.05, 0) is 63.7 Å². The van der Waals surface area contributed by atoms with Crippen molar-refractivity contribution in [1.29, 1.82) is 0 Å². The molecule has 2 heterocycles. The Morgan fingerprint density at radius 1 is 0.903 bits per heavy atom. The van der Waals surface area contributed by atoms with Gasteiger partial charge in [0.2, 0.25) is 0 Å². The van der Waals surface area contributed by atoms with Crippen LogP contribution in [0.2, 0.25) is 0 Å². The first kappa shape index (κ1) is 24.5. The predicted molar refractivity (Wildman–Crippen MR) is 123 cm³/mol. The molecule has 2 unspecified atom stereocenters. The molecule has 0 N–H and O–H groups in total. The SMILES string of the molecule is CCOC(=O)C1CC2C[C@@H](CN3C[C@@H](I)C[C@H]3C(=O)OCC)CC[C@H]2CN1C(=O)OC. The van der Waals surface area contributed by atoms with Crippen molar-refractivity contribution in [2.45, 2.75) is 62.0 Å². The summed E-state index contributed by atoms with van der Waals surface area (Å²) in [5, 5.41) is 0. The lowest BCUT2D eigenvalue weighted by molar-refractivity contribution is -0.153. The third-order valence-corrected chi connectivity index (χ3v) is 7.86. The highest BCUT2D eigenvalue weighted by atomic mass is 127. The van der Waals surface area contributed by atoms with Gasteiger partial charge < -0.3 is 14.2 Å². The minimum atomic E-state index is -0.579. The molecule has 0 bridgehead atoms. The quantitative estimate of drug-likeness (QED) is 0.218. The number of nitrogens with zero attached hydrogens (tertiary/aromatic N) is 2. The second kappa shape index (κ2) is 11.2. The van der Waals surface area contributed by atoms with E-state index in [0.717, 1.165) is 38.8 Å². The molecule has 31 heavy (non-hydrogen) atoms. The molecule has 6 atom stereocenters. The van der Waals surface area contributed by atoms with Crippen molar-refractivity contribution in [2.75, 3.05) is 40.0 Å². The molecule has 0 spiro atoms. The van der Waals surface area contributed by atoms with Crippen molar-refractivity contribution in [3.8, 4) is 0 Å². The van der Waals surface area contributed by atoms with E-state index in [1.54, 1.807) is 11.8 Å². The van der Waals surface area contributed by atoms with Crippen LogP contribution < -0.4 is 0 Å². The van der Waals surface area contributed by atoms with E-state index in [-0.39, 0.29) is 18.0 Å². The van der Waals surface area contributed by atoms with Crippen LogP contribution >= 0.6 is 22.6 Å².